The van der Waals surface area contributed by atoms with E-state index in [9.17, 15) is 9.90 Å². The van der Waals surface area contributed by atoms with Gasteiger partial charge in [-0.1, -0.05) is 91.3 Å². The lowest BCUT2D eigenvalue weighted by molar-refractivity contribution is -0.145. The average Bonchev–Trinajstić information content (AvgIpc) is 3.28. The Morgan fingerprint density at radius 1 is 1.00 bits per heavy atom. The number of aromatic nitrogens is 3. The predicted molar refractivity (Wildman–Crippen MR) is 143 cm³/mol. The maximum absolute atomic E-state index is 11.8. The summed E-state index contributed by atoms with van der Waals surface area (Å²) in [7, 11) is 0. The quantitative estimate of drug-likeness (QED) is 0.206. The molecule has 36 heavy (non-hydrogen) atoms. The second-order valence-corrected chi connectivity index (χ2v) is 9.77. The molecule has 0 aliphatic rings. The predicted octanol–water partition coefficient (Wildman–Crippen LogP) is 6.82. The molecule has 1 N–H and O–H groups in total. The Hall–Kier alpha value is -3.29. The zero-order valence-electron chi connectivity index (χ0n) is 20.0. The Bertz CT molecular complexity index is 1260. The Kier molecular flexibility index (Phi) is 9.03. The first-order valence-corrected chi connectivity index (χ1v) is 13.2. The molecule has 1 unspecified atom stereocenters. The van der Waals surface area contributed by atoms with E-state index in [1.165, 1.54) is 5.56 Å². The van der Waals surface area contributed by atoms with Crippen molar-refractivity contribution >= 4 is 29.3 Å². The first-order valence-electron chi connectivity index (χ1n) is 11.9. The van der Waals surface area contributed by atoms with Crippen molar-refractivity contribution in [3.05, 3.63) is 106 Å². The van der Waals surface area contributed by atoms with Crippen molar-refractivity contribution in [3.63, 3.8) is 0 Å². The Labute approximate surface area is 220 Å². The molecule has 0 saturated heterocycles. The maximum atomic E-state index is 11.8. The standard InChI is InChI=1S/C28H28ClN3O3S/c1-2-3-9-25-30-31-28(36-19-21-10-14-23(29)15-11-21)32(25)18-20-12-16-24(17-13-20)35-26(27(33)34)22-7-5-4-6-8-22/h4-8,10-17,26H,2-3,9,18-19H2,1H3,(H,33,34). The minimum absolute atomic E-state index is 0.502. The van der Waals surface area contributed by atoms with Gasteiger partial charge >= 0.3 is 5.97 Å². The highest BCUT2D eigenvalue weighted by molar-refractivity contribution is 7.98. The van der Waals surface area contributed by atoms with Crippen LogP contribution in [-0.2, 0) is 23.5 Å². The minimum Gasteiger partial charge on any atom is -0.478 e. The number of rotatable bonds is 12. The normalized spacial score (nSPS) is 11.8. The van der Waals surface area contributed by atoms with E-state index in [0.717, 1.165) is 46.6 Å². The van der Waals surface area contributed by atoms with Crippen LogP contribution in [-0.4, -0.2) is 25.8 Å². The molecule has 3 aromatic carbocycles. The fraction of sp³-hybridized carbons (Fsp3) is 0.250. The molecule has 1 heterocycles. The van der Waals surface area contributed by atoms with Crippen LogP contribution in [0.5, 0.6) is 5.75 Å². The molecular weight excluding hydrogens is 494 g/mol. The van der Waals surface area contributed by atoms with Crippen LogP contribution in [0.3, 0.4) is 0 Å². The van der Waals surface area contributed by atoms with Gasteiger partial charge < -0.3 is 14.4 Å². The molecule has 1 atom stereocenters. The van der Waals surface area contributed by atoms with E-state index in [-0.39, 0.29) is 0 Å². The number of hydrogen-bond acceptors (Lipinski definition) is 5. The number of aryl methyl sites for hydroxylation is 1. The first-order chi connectivity index (χ1) is 17.5. The number of carboxylic acid groups (broad SMARTS) is 1. The monoisotopic (exact) mass is 521 g/mol. The fourth-order valence-electron chi connectivity index (χ4n) is 3.71. The zero-order valence-corrected chi connectivity index (χ0v) is 21.6. The summed E-state index contributed by atoms with van der Waals surface area (Å²) < 4.78 is 7.97. The lowest BCUT2D eigenvalue weighted by Gasteiger charge is -2.16. The van der Waals surface area contributed by atoms with Crippen molar-refractivity contribution in [2.24, 2.45) is 0 Å². The highest BCUT2D eigenvalue weighted by Gasteiger charge is 2.21. The van der Waals surface area contributed by atoms with Gasteiger partial charge in [0.25, 0.3) is 0 Å². The molecule has 0 bridgehead atoms. The lowest BCUT2D eigenvalue weighted by Crippen LogP contribution is -2.18. The number of hydrogen-bond donors (Lipinski definition) is 1. The third kappa shape index (κ3) is 6.89. The van der Waals surface area contributed by atoms with Crippen molar-refractivity contribution in [2.45, 2.75) is 49.7 Å². The summed E-state index contributed by atoms with van der Waals surface area (Å²) in [5, 5.41) is 20.2. The van der Waals surface area contributed by atoms with E-state index in [2.05, 4.69) is 21.7 Å². The van der Waals surface area contributed by atoms with Crippen LogP contribution >= 0.6 is 23.4 Å². The third-order valence-corrected chi connectivity index (χ3v) is 6.96. The number of aliphatic carboxylic acids is 1. The van der Waals surface area contributed by atoms with Crippen LogP contribution in [0.4, 0.5) is 0 Å². The van der Waals surface area contributed by atoms with E-state index in [1.807, 2.05) is 54.6 Å². The minimum atomic E-state index is -1.06. The van der Waals surface area contributed by atoms with Gasteiger partial charge in [0.2, 0.25) is 6.10 Å². The van der Waals surface area contributed by atoms with Gasteiger partial charge in [0, 0.05) is 22.8 Å². The summed E-state index contributed by atoms with van der Waals surface area (Å²) in [6.45, 7) is 2.78. The second kappa shape index (κ2) is 12.6. The molecule has 1 aromatic heterocycles. The molecule has 6 nitrogen and oxygen atoms in total. The number of nitrogens with zero attached hydrogens (tertiary/aromatic N) is 3. The molecule has 0 fully saturated rings. The molecule has 0 spiro atoms. The van der Waals surface area contributed by atoms with E-state index in [4.69, 9.17) is 16.3 Å². The molecule has 0 amide bonds. The molecule has 4 aromatic rings. The number of ether oxygens (including phenoxy) is 1. The van der Waals surface area contributed by atoms with Gasteiger partial charge in [0.15, 0.2) is 5.16 Å². The van der Waals surface area contributed by atoms with E-state index >= 15 is 0 Å². The SMILES string of the molecule is CCCCc1nnc(SCc2ccc(Cl)cc2)n1Cc1ccc(OC(C(=O)O)c2ccccc2)cc1. The number of benzene rings is 3. The van der Waals surface area contributed by atoms with Crippen molar-refractivity contribution in [3.8, 4) is 5.75 Å². The number of unbranched alkanes of at least 4 members (excludes halogenated alkanes) is 1. The van der Waals surface area contributed by atoms with Gasteiger partial charge in [-0.3, -0.25) is 0 Å². The highest BCUT2D eigenvalue weighted by Crippen LogP contribution is 2.26. The van der Waals surface area contributed by atoms with Gasteiger partial charge in [-0.05, 0) is 41.8 Å². The number of carboxylic acids is 1. The molecule has 186 valence electrons. The van der Waals surface area contributed by atoms with Crippen LogP contribution < -0.4 is 4.74 Å². The molecular formula is C28H28ClN3O3S. The Morgan fingerprint density at radius 2 is 1.69 bits per heavy atom. The van der Waals surface area contributed by atoms with Gasteiger partial charge in [-0.15, -0.1) is 10.2 Å². The van der Waals surface area contributed by atoms with Crippen LogP contribution in [0.2, 0.25) is 5.02 Å². The van der Waals surface area contributed by atoms with Crippen LogP contribution in [0.1, 0.15) is 48.4 Å². The number of thioether (sulfide) groups is 1. The topological polar surface area (TPSA) is 77.2 Å². The molecule has 0 saturated carbocycles. The summed E-state index contributed by atoms with van der Waals surface area (Å²) in [5.41, 5.74) is 2.82. The summed E-state index contributed by atoms with van der Waals surface area (Å²) in [4.78, 5) is 11.8. The van der Waals surface area contributed by atoms with Crippen molar-refractivity contribution < 1.29 is 14.6 Å². The number of halogens is 1. The van der Waals surface area contributed by atoms with Crippen molar-refractivity contribution in [1.82, 2.24) is 14.8 Å². The smallest absolute Gasteiger partial charge is 0.349 e. The Balaban J connectivity index is 1.48. The van der Waals surface area contributed by atoms with Crippen LogP contribution in [0.15, 0.2) is 84.0 Å². The van der Waals surface area contributed by atoms with Crippen molar-refractivity contribution in [2.75, 3.05) is 0 Å². The van der Waals surface area contributed by atoms with Gasteiger partial charge in [0.1, 0.15) is 11.6 Å². The van der Waals surface area contributed by atoms with Gasteiger partial charge in [-0.25, -0.2) is 4.79 Å². The molecule has 0 aliphatic carbocycles. The molecule has 0 aliphatic heterocycles. The summed E-state index contributed by atoms with van der Waals surface area (Å²) >= 11 is 7.66. The van der Waals surface area contributed by atoms with Crippen LogP contribution in [0.25, 0.3) is 0 Å². The second-order valence-electron chi connectivity index (χ2n) is 8.39. The van der Waals surface area contributed by atoms with E-state index in [0.29, 0.717) is 17.9 Å². The summed E-state index contributed by atoms with van der Waals surface area (Å²) in [6, 6.07) is 24.3. The van der Waals surface area contributed by atoms with Crippen molar-refractivity contribution in [1.29, 1.82) is 0 Å². The zero-order chi connectivity index (χ0) is 25.3. The largest absolute Gasteiger partial charge is 0.478 e. The van der Waals surface area contributed by atoms with Gasteiger partial charge in [-0.2, -0.15) is 0 Å². The van der Waals surface area contributed by atoms with Gasteiger partial charge in [0.05, 0.1) is 6.54 Å². The molecule has 8 heteroatoms. The molecule has 4 rings (SSSR count). The number of carbonyl (C=O) groups is 1. The van der Waals surface area contributed by atoms with E-state index < -0.39 is 12.1 Å². The molecule has 0 radical (unpaired) electrons. The Morgan fingerprint density at radius 3 is 2.36 bits per heavy atom. The highest BCUT2D eigenvalue weighted by atomic mass is 35.5. The lowest BCUT2D eigenvalue weighted by atomic mass is 10.1. The summed E-state index contributed by atoms with van der Waals surface area (Å²) in [5.74, 6) is 1.21. The first kappa shape index (κ1) is 25.8. The summed E-state index contributed by atoms with van der Waals surface area (Å²) in [6.07, 6.45) is 1.93. The fourth-order valence-corrected chi connectivity index (χ4v) is 4.75. The third-order valence-electron chi connectivity index (χ3n) is 5.67. The maximum Gasteiger partial charge on any atom is 0.349 e. The van der Waals surface area contributed by atoms with E-state index in [1.54, 1.807) is 36.0 Å². The average molecular weight is 522 g/mol. The van der Waals surface area contributed by atoms with Crippen LogP contribution in [0, 0.1) is 0 Å².